The molecule has 5 aromatic rings. The summed E-state index contributed by atoms with van der Waals surface area (Å²) in [6.07, 6.45) is 8.23. The highest BCUT2D eigenvalue weighted by atomic mass is 35.5. The number of piperazine rings is 3. The molecule has 1 atom stereocenters. The van der Waals surface area contributed by atoms with Crippen molar-refractivity contribution in [2.75, 3.05) is 167 Å². The van der Waals surface area contributed by atoms with Crippen molar-refractivity contribution >= 4 is 11.6 Å². The number of halogens is 4. The van der Waals surface area contributed by atoms with Crippen molar-refractivity contribution in [3.63, 3.8) is 0 Å². The Morgan fingerprint density at radius 3 is 1.09 bits per heavy atom. The van der Waals surface area contributed by atoms with Crippen LogP contribution in [0.4, 0.5) is 13.2 Å². The zero-order chi connectivity index (χ0) is 71.2. The summed E-state index contributed by atoms with van der Waals surface area (Å²) in [5.41, 5.74) is 10.8. The van der Waals surface area contributed by atoms with E-state index in [2.05, 4.69) is 226 Å². The van der Waals surface area contributed by atoms with Crippen molar-refractivity contribution in [3.8, 4) is 0 Å². The molecule has 4 aromatic carbocycles. The number of hydrogen-bond donors (Lipinski definition) is 0. The summed E-state index contributed by atoms with van der Waals surface area (Å²) in [4.78, 5) is 31.1. The van der Waals surface area contributed by atoms with E-state index in [1.54, 1.807) is 18.2 Å². The maximum Gasteiger partial charge on any atom is 0.127 e. The Balaban J connectivity index is 0.000000173. The van der Waals surface area contributed by atoms with Gasteiger partial charge in [0.25, 0.3) is 0 Å². The summed E-state index contributed by atoms with van der Waals surface area (Å²) < 4.78 is 42.2. The number of piperidine rings is 2. The van der Waals surface area contributed by atoms with Gasteiger partial charge in [0, 0.05) is 170 Å². The molecule has 0 amide bonds. The van der Waals surface area contributed by atoms with E-state index in [-0.39, 0.29) is 17.5 Å². The van der Waals surface area contributed by atoms with E-state index in [1.807, 2.05) is 24.4 Å². The van der Waals surface area contributed by atoms with E-state index < -0.39 is 0 Å². The van der Waals surface area contributed by atoms with Crippen LogP contribution in [0, 0.1) is 17.5 Å². The predicted molar refractivity (Wildman–Crippen MR) is 408 cm³/mol. The number of benzene rings is 4. The lowest BCUT2D eigenvalue weighted by molar-refractivity contribution is 0.0618. The van der Waals surface area contributed by atoms with Crippen molar-refractivity contribution in [1.29, 1.82) is 0 Å². The van der Waals surface area contributed by atoms with Crippen LogP contribution in [0.2, 0.25) is 5.02 Å². The van der Waals surface area contributed by atoms with Crippen LogP contribution in [0.15, 0.2) is 91.1 Å². The third-order valence-electron chi connectivity index (χ3n) is 21.5. The van der Waals surface area contributed by atoms with Gasteiger partial charge in [-0.05, 0) is 201 Å². The minimum Gasteiger partial charge on any atom is -0.306 e. The molecule has 16 heteroatoms. The van der Waals surface area contributed by atoms with Crippen LogP contribution in [-0.4, -0.2) is 244 Å². The lowest BCUT2D eigenvalue weighted by Crippen LogP contribution is -2.52. The number of rotatable bonds is 18. The Morgan fingerprint density at radius 2 is 0.714 bits per heavy atom. The second-order valence-electron chi connectivity index (χ2n) is 31.4. The number of nitrogens with zero attached hydrogens (tertiary/aromatic N) is 12. The van der Waals surface area contributed by atoms with Crippen LogP contribution in [-0.2, 0) is 32.7 Å². The maximum atomic E-state index is 14.1. The number of pyridine rings is 1. The van der Waals surface area contributed by atoms with E-state index in [0.29, 0.717) is 41.7 Å². The van der Waals surface area contributed by atoms with Gasteiger partial charge in [-0.15, -0.1) is 0 Å². The Hall–Kier alpha value is -4.33. The first-order valence-electron chi connectivity index (χ1n) is 37.5. The van der Waals surface area contributed by atoms with Gasteiger partial charge in [-0.1, -0.05) is 135 Å². The van der Waals surface area contributed by atoms with Gasteiger partial charge in [-0.2, -0.15) is 0 Å². The maximum absolute atomic E-state index is 14.1. The molecular formula is C82H130ClF3N12. The lowest BCUT2D eigenvalue weighted by Gasteiger charge is -2.42. The van der Waals surface area contributed by atoms with E-state index in [1.165, 1.54) is 93.8 Å². The van der Waals surface area contributed by atoms with Gasteiger partial charge in [0.15, 0.2) is 0 Å². The Bertz CT molecular complexity index is 3080. The van der Waals surface area contributed by atoms with Gasteiger partial charge in [0.1, 0.15) is 17.5 Å². The van der Waals surface area contributed by atoms with Crippen molar-refractivity contribution < 1.29 is 13.2 Å². The van der Waals surface area contributed by atoms with Gasteiger partial charge < -0.3 is 24.5 Å². The average molecular weight is 1380 g/mol. The largest absolute Gasteiger partial charge is 0.306 e. The molecule has 6 aliphatic heterocycles. The fourth-order valence-corrected chi connectivity index (χ4v) is 14.1. The van der Waals surface area contributed by atoms with Gasteiger partial charge in [0.05, 0.1) is 5.69 Å². The number of hydrogen-bond acceptors (Lipinski definition) is 12. The van der Waals surface area contributed by atoms with Gasteiger partial charge in [-0.25, -0.2) is 13.2 Å². The van der Waals surface area contributed by atoms with Crippen LogP contribution in [0.25, 0.3) is 0 Å². The first kappa shape index (κ1) is 81.0. The van der Waals surface area contributed by atoms with Gasteiger partial charge in [-0.3, -0.25) is 34.4 Å². The molecule has 1 unspecified atom stereocenters. The third kappa shape index (κ3) is 26.5. The summed E-state index contributed by atoms with van der Waals surface area (Å²) in [6.45, 7) is 45.9. The monoisotopic (exact) mass is 1380 g/mol. The van der Waals surface area contributed by atoms with Crippen LogP contribution >= 0.6 is 11.6 Å². The summed E-state index contributed by atoms with van der Waals surface area (Å²) in [6, 6.07) is 30.2. The van der Waals surface area contributed by atoms with Crippen molar-refractivity contribution in [2.24, 2.45) is 0 Å². The van der Waals surface area contributed by atoms with Crippen molar-refractivity contribution in [2.45, 2.75) is 182 Å². The summed E-state index contributed by atoms with van der Waals surface area (Å²) in [5.74, 6) is 2.10. The van der Waals surface area contributed by atoms with Crippen LogP contribution in [0.5, 0.6) is 0 Å². The van der Waals surface area contributed by atoms with Crippen LogP contribution in [0.3, 0.4) is 0 Å². The van der Waals surface area contributed by atoms with Gasteiger partial charge in [0.2, 0.25) is 0 Å². The highest BCUT2D eigenvalue weighted by Crippen LogP contribution is 2.28. The molecule has 546 valence electrons. The quantitative estimate of drug-likeness (QED) is 0.0840. The summed E-state index contributed by atoms with van der Waals surface area (Å²) in [5, 5.41) is 0.930. The molecule has 7 heterocycles. The fourth-order valence-electron chi connectivity index (χ4n) is 13.9. The average Bonchev–Trinajstić information content (AvgIpc) is 0.911. The summed E-state index contributed by atoms with van der Waals surface area (Å²) in [7, 11) is 15.1. The zero-order valence-electron chi connectivity index (χ0n) is 64.0. The Morgan fingerprint density at radius 1 is 0.378 bits per heavy atom. The summed E-state index contributed by atoms with van der Waals surface area (Å²) >= 11 is 6.52. The van der Waals surface area contributed by atoms with Crippen LogP contribution in [0.1, 0.15) is 187 Å². The SMILES string of the molecule is CC(C)c1ccc(CN2CCC(N(C)C)C2)c(F)c1.CC(C)c1ccc(CN2CCC(N(C)C)CC2)c(F)c1.CC(C)c1ccc(CN2CCN(C)CC2)c(F)c1.CC(C)c1ccc(CN2CCN(C)CC2)nc1.CC(C)c1ccc(CN2CCN(C3CCN(C)CC3)CC2)c(Cl)c1. The molecule has 0 spiro atoms. The first-order chi connectivity index (χ1) is 46.7. The fraction of sp³-hybridized carbons (Fsp3) is 0.646. The Labute approximate surface area is 598 Å². The van der Waals surface area contributed by atoms with Crippen molar-refractivity contribution in [1.82, 2.24) is 58.9 Å². The second-order valence-corrected chi connectivity index (χ2v) is 31.8. The zero-order valence-corrected chi connectivity index (χ0v) is 64.7. The van der Waals surface area contributed by atoms with E-state index in [0.717, 1.165) is 156 Å². The minimum atomic E-state index is -0.0560. The highest BCUT2D eigenvalue weighted by molar-refractivity contribution is 6.31. The second kappa shape index (κ2) is 40.5. The first-order valence-corrected chi connectivity index (χ1v) is 37.9. The third-order valence-corrected chi connectivity index (χ3v) is 21.9. The molecule has 0 aliphatic carbocycles. The molecule has 0 saturated carbocycles. The lowest BCUT2D eigenvalue weighted by atomic mass is 10.00. The van der Waals surface area contributed by atoms with E-state index in [4.69, 9.17) is 11.6 Å². The standard InChI is InChI=1S/C20H32ClN3.C17H27FN2.C16H25FN2.C15H23FN2.C14H23N3/c1-16(2)17-4-5-18(20(21)14-17)15-23-10-12-24(13-11-23)19-6-8-22(3)9-7-19;1-13(2)14-5-6-15(17(18)11-14)12-20-9-7-16(8-10-20)19(3)4;1-12(2)13-5-6-14(16(17)9-13)10-19-8-7-15(11-19)18(3)4;1-12(2)13-4-5-14(15(16)10-13)11-18-8-6-17(3)7-9-18;1-12(2)13-4-5-14(15-10-13)11-17-8-6-16(3)7-9-17/h4-5,14,16,19H,6-13,15H2,1-3H3;5-6,11,13,16H,7-10,12H2,1-4H3;5-6,9,12,15H,7-8,10-11H2,1-4H3;4-5,10,12H,6-9,11H2,1-3H3;4-5,10,12H,6-9,11H2,1-3H3. The minimum absolute atomic E-state index is 0.0501. The molecular weight excluding hydrogens is 1250 g/mol. The topological polar surface area (TPSA) is 48.5 Å². The van der Waals surface area contributed by atoms with Crippen molar-refractivity contribution in [3.05, 3.63) is 169 Å². The smallest absolute Gasteiger partial charge is 0.127 e. The number of likely N-dealkylation sites (tertiary alicyclic amines) is 3. The molecule has 1 aromatic heterocycles. The molecule has 6 fully saturated rings. The predicted octanol–water partition coefficient (Wildman–Crippen LogP) is 14.9. The molecule has 12 nitrogen and oxygen atoms in total. The number of aromatic nitrogens is 1. The van der Waals surface area contributed by atoms with Gasteiger partial charge >= 0.3 is 0 Å². The normalized spacial score (nSPS) is 19.9. The highest BCUT2D eigenvalue weighted by Gasteiger charge is 2.29. The molecule has 0 N–H and O–H groups in total. The molecule has 6 aliphatic rings. The van der Waals surface area contributed by atoms with E-state index in [9.17, 15) is 13.2 Å². The molecule has 6 saturated heterocycles. The molecule has 0 bridgehead atoms. The number of likely N-dealkylation sites (N-methyl/N-ethyl adjacent to an activating group) is 3. The Kier molecular flexibility index (Phi) is 33.5. The molecule has 11 rings (SSSR count). The molecule has 0 radical (unpaired) electrons. The van der Waals surface area contributed by atoms with Crippen LogP contribution < -0.4 is 0 Å². The molecule has 98 heavy (non-hydrogen) atoms. The van der Waals surface area contributed by atoms with E-state index >= 15 is 0 Å².